The van der Waals surface area contributed by atoms with E-state index in [1.807, 2.05) is 19.1 Å². The van der Waals surface area contributed by atoms with Crippen molar-refractivity contribution in [2.45, 2.75) is 39.2 Å². The van der Waals surface area contributed by atoms with Crippen LogP contribution < -0.4 is 5.73 Å². The zero-order valence-electron chi connectivity index (χ0n) is 11.3. The molecule has 1 aliphatic rings. The first kappa shape index (κ1) is 13.1. The lowest BCUT2D eigenvalue weighted by Crippen LogP contribution is -2.47. The fourth-order valence-corrected chi connectivity index (χ4v) is 2.88. The average Bonchev–Trinajstić information content (AvgIpc) is 2.26. The highest BCUT2D eigenvalue weighted by molar-refractivity contribution is 5.79. The van der Waals surface area contributed by atoms with E-state index in [1.54, 1.807) is 0 Å². The standard InChI is InChI=1S/C15H21NO2/c1-10-5-6-12(11(2)9-10)13(16)15(7-4-8-15)14(17)18-3/h5-6,9,13H,4,7-8,16H2,1-3H3. The maximum atomic E-state index is 12.0. The Morgan fingerprint density at radius 2 is 2.06 bits per heavy atom. The Hall–Kier alpha value is -1.35. The number of esters is 1. The van der Waals surface area contributed by atoms with Crippen molar-refractivity contribution in [3.8, 4) is 0 Å². The van der Waals surface area contributed by atoms with Crippen LogP contribution in [0.15, 0.2) is 18.2 Å². The Kier molecular flexibility index (Phi) is 3.44. The molecule has 1 unspecified atom stereocenters. The normalized spacial score (nSPS) is 18.9. The predicted molar refractivity (Wildman–Crippen MR) is 71.1 cm³/mol. The van der Waals surface area contributed by atoms with Crippen LogP contribution in [0.5, 0.6) is 0 Å². The number of hydrogen-bond acceptors (Lipinski definition) is 3. The minimum atomic E-state index is -0.505. The molecule has 1 fully saturated rings. The first-order valence-electron chi connectivity index (χ1n) is 6.42. The van der Waals surface area contributed by atoms with E-state index < -0.39 is 5.41 Å². The Morgan fingerprint density at radius 1 is 1.39 bits per heavy atom. The molecule has 0 spiro atoms. The van der Waals surface area contributed by atoms with Crippen molar-refractivity contribution < 1.29 is 9.53 Å². The monoisotopic (exact) mass is 247 g/mol. The summed E-state index contributed by atoms with van der Waals surface area (Å²) in [6.45, 7) is 4.10. The summed E-state index contributed by atoms with van der Waals surface area (Å²) in [6.07, 6.45) is 2.70. The second-order valence-corrected chi connectivity index (χ2v) is 5.34. The summed E-state index contributed by atoms with van der Waals surface area (Å²) < 4.78 is 4.94. The van der Waals surface area contributed by atoms with Gasteiger partial charge in [-0.15, -0.1) is 0 Å². The zero-order valence-corrected chi connectivity index (χ0v) is 11.3. The van der Waals surface area contributed by atoms with Gasteiger partial charge in [0.1, 0.15) is 0 Å². The molecule has 2 N–H and O–H groups in total. The fraction of sp³-hybridized carbons (Fsp3) is 0.533. The maximum absolute atomic E-state index is 12.0. The van der Waals surface area contributed by atoms with E-state index in [9.17, 15) is 4.79 Å². The van der Waals surface area contributed by atoms with E-state index in [4.69, 9.17) is 10.5 Å². The highest BCUT2D eigenvalue weighted by Crippen LogP contribution is 2.50. The van der Waals surface area contributed by atoms with Crippen molar-refractivity contribution in [2.24, 2.45) is 11.1 Å². The number of nitrogens with two attached hydrogens (primary N) is 1. The molecule has 1 aliphatic carbocycles. The lowest BCUT2D eigenvalue weighted by molar-refractivity contribution is -0.160. The number of methoxy groups -OCH3 is 1. The number of rotatable bonds is 3. The lowest BCUT2D eigenvalue weighted by atomic mass is 9.62. The largest absolute Gasteiger partial charge is 0.469 e. The Labute approximate surface area is 108 Å². The first-order chi connectivity index (χ1) is 8.51. The molecule has 2 rings (SSSR count). The molecule has 98 valence electrons. The zero-order chi connectivity index (χ0) is 13.3. The van der Waals surface area contributed by atoms with Crippen LogP contribution in [0.1, 0.15) is 42.0 Å². The first-order valence-corrected chi connectivity index (χ1v) is 6.42. The maximum Gasteiger partial charge on any atom is 0.313 e. The summed E-state index contributed by atoms with van der Waals surface area (Å²) >= 11 is 0. The number of benzene rings is 1. The van der Waals surface area contributed by atoms with Gasteiger partial charge in [0.05, 0.1) is 12.5 Å². The minimum absolute atomic E-state index is 0.166. The molecule has 3 nitrogen and oxygen atoms in total. The molecule has 1 aromatic carbocycles. The molecule has 0 aliphatic heterocycles. The molecule has 0 amide bonds. The third-order valence-electron chi connectivity index (χ3n) is 4.19. The average molecular weight is 247 g/mol. The molecule has 3 heteroatoms. The second-order valence-electron chi connectivity index (χ2n) is 5.34. The summed E-state index contributed by atoms with van der Waals surface area (Å²) in [4.78, 5) is 12.0. The molecule has 1 aromatic rings. The van der Waals surface area contributed by atoms with Crippen molar-refractivity contribution in [2.75, 3.05) is 7.11 Å². The van der Waals surface area contributed by atoms with E-state index in [0.717, 1.165) is 30.4 Å². The van der Waals surface area contributed by atoms with Crippen LogP contribution in [-0.2, 0) is 9.53 Å². The summed E-state index contributed by atoms with van der Waals surface area (Å²) in [5.74, 6) is -0.166. The molecule has 0 radical (unpaired) electrons. The second kappa shape index (κ2) is 4.73. The molecule has 0 aromatic heterocycles. The molecule has 18 heavy (non-hydrogen) atoms. The molecule has 0 bridgehead atoms. The van der Waals surface area contributed by atoms with Crippen LogP contribution >= 0.6 is 0 Å². The van der Waals surface area contributed by atoms with Gasteiger partial charge in [-0.05, 0) is 37.8 Å². The quantitative estimate of drug-likeness (QED) is 0.835. The molecule has 1 atom stereocenters. The van der Waals surface area contributed by atoms with Crippen LogP contribution in [0.3, 0.4) is 0 Å². The van der Waals surface area contributed by atoms with E-state index in [1.165, 1.54) is 12.7 Å². The molecular formula is C15H21NO2. The van der Waals surface area contributed by atoms with Gasteiger partial charge < -0.3 is 10.5 Å². The smallest absolute Gasteiger partial charge is 0.313 e. The third kappa shape index (κ3) is 1.93. The van der Waals surface area contributed by atoms with Crippen molar-refractivity contribution in [3.05, 3.63) is 34.9 Å². The summed E-state index contributed by atoms with van der Waals surface area (Å²) in [6, 6.07) is 5.93. The topological polar surface area (TPSA) is 52.3 Å². The predicted octanol–water partition coefficient (Wildman–Crippen LogP) is 2.65. The van der Waals surface area contributed by atoms with Gasteiger partial charge in [-0.2, -0.15) is 0 Å². The third-order valence-corrected chi connectivity index (χ3v) is 4.19. The molecule has 0 heterocycles. The number of ether oxygens (including phenoxy) is 1. The number of carbonyl (C=O) groups is 1. The van der Waals surface area contributed by atoms with E-state index in [-0.39, 0.29) is 12.0 Å². The van der Waals surface area contributed by atoms with Gasteiger partial charge in [-0.1, -0.05) is 30.2 Å². The molecule has 1 saturated carbocycles. The van der Waals surface area contributed by atoms with Crippen molar-refractivity contribution in [1.29, 1.82) is 0 Å². The van der Waals surface area contributed by atoms with E-state index in [2.05, 4.69) is 13.0 Å². The summed E-state index contributed by atoms with van der Waals surface area (Å²) in [7, 11) is 1.44. The van der Waals surface area contributed by atoms with Gasteiger partial charge >= 0.3 is 5.97 Å². The van der Waals surface area contributed by atoms with Crippen LogP contribution in [-0.4, -0.2) is 13.1 Å². The van der Waals surface area contributed by atoms with Gasteiger partial charge in [0.2, 0.25) is 0 Å². The SMILES string of the molecule is COC(=O)C1(C(N)c2ccc(C)cc2C)CCC1. The Balaban J connectivity index is 2.35. The number of aryl methyl sites for hydroxylation is 2. The van der Waals surface area contributed by atoms with Crippen molar-refractivity contribution in [3.63, 3.8) is 0 Å². The van der Waals surface area contributed by atoms with E-state index >= 15 is 0 Å². The molecular weight excluding hydrogens is 226 g/mol. The lowest BCUT2D eigenvalue weighted by Gasteiger charge is -2.43. The van der Waals surface area contributed by atoms with Crippen LogP contribution in [0.4, 0.5) is 0 Å². The van der Waals surface area contributed by atoms with Crippen LogP contribution in [0.2, 0.25) is 0 Å². The van der Waals surface area contributed by atoms with Gasteiger partial charge in [-0.3, -0.25) is 4.79 Å². The Bertz CT molecular complexity index is 464. The van der Waals surface area contributed by atoms with Gasteiger partial charge in [-0.25, -0.2) is 0 Å². The van der Waals surface area contributed by atoms with E-state index in [0.29, 0.717) is 0 Å². The highest BCUT2D eigenvalue weighted by atomic mass is 16.5. The number of carbonyl (C=O) groups excluding carboxylic acids is 1. The molecule has 0 saturated heterocycles. The van der Waals surface area contributed by atoms with Crippen LogP contribution in [0.25, 0.3) is 0 Å². The Morgan fingerprint density at radius 3 is 2.50 bits per heavy atom. The van der Waals surface area contributed by atoms with Crippen molar-refractivity contribution in [1.82, 2.24) is 0 Å². The van der Waals surface area contributed by atoms with Gasteiger partial charge in [0, 0.05) is 6.04 Å². The van der Waals surface area contributed by atoms with Crippen LogP contribution in [0, 0.1) is 19.3 Å². The number of hydrogen-bond donors (Lipinski definition) is 1. The highest BCUT2D eigenvalue weighted by Gasteiger charge is 2.50. The van der Waals surface area contributed by atoms with Crippen molar-refractivity contribution >= 4 is 5.97 Å². The van der Waals surface area contributed by atoms with Gasteiger partial charge in [0.25, 0.3) is 0 Å². The fourth-order valence-electron chi connectivity index (χ4n) is 2.88. The van der Waals surface area contributed by atoms with Gasteiger partial charge in [0.15, 0.2) is 0 Å². The minimum Gasteiger partial charge on any atom is -0.469 e. The summed E-state index contributed by atoms with van der Waals surface area (Å²) in [5.41, 5.74) is 9.28. The summed E-state index contributed by atoms with van der Waals surface area (Å²) in [5, 5.41) is 0.